The Morgan fingerprint density at radius 3 is 2.82 bits per heavy atom. The molecule has 0 aliphatic carbocycles. The van der Waals surface area contributed by atoms with Crippen molar-refractivity contribution in [1.82, 2.24) is 4.90 Å². The summed E-state index contributed by atoms with van der Waals surface area (Å²) in [6, 6.07) is 5.81. The number of halogens is 2. The van der Waals surface area contributed by atoms with E-state index >= 15 is 0 Å². The number of carbonyl (C=O) groups is 1. The van der Waals surface area contributed by atoms with E-state index in [-0.39, 0.29) is 30.9 Å². The standard InChI is InChI=1S/C15H23N3O2.2ClH/c1-3-18(2)15(19)20-12-6-7-13-11(5-4-8-16)10-17-14(13)9-12;;/h6-7,9,11,17H,3-5,8,10,16H2,1-2H3;2*1H. The van der Waals surface area contributed by atoms with E-state index in [0.29, 0.717) is 18.2 Å². The number of fused-ring (bicyclic) bond motifs is 1. The molecule has 0 saturated heterocycles. The van der Waals surface area contributed by atoms with Crippen LogP contribution in [0.4, 0.5) is 10.5 Å². The van der Waals surface area contributed by atoms with E-state index in [0.717, 1.165) is 31.6 Å². The number of ether oxygens (including phenoxy) is 1. The smallest absolute Gasteiger partial charge is 0.410 e. The summed E-state index contributed by atoms with van der Waals surface area (Å²) in [6.45, 7) is 4.20. The highest BCUT2D eigenvalue weighted by atomic mass is 35.5. The number of hydrogen-bond acceptors (Lipinski definition) is 4. The predicted octanol–water partition coefficient (Wildman–Crippen LogP) is 3.23. The average Bonchev–Trinajstić information content (AvgIpc) is 2.86. The zero-order chi connectivity index (χ0) is 14.5. The summed E-state index contributed by atoms with van der Waals surface area (Å²) >= 11 is 0. The van der Waals surface area contributed by atoms with Crippen LogP contribution in [-0.4, -0.2) is 37.7 Å². The van der Waals surface area contributed by atoms with Crippen molar-refractivity contribution in [3.63, 3.8) is 0 Å². The first-order valence-electron chi connectivity index (χ1n) is 7.16. The molecule has 1 heterocycles. The summed E-state index contributed by atoms with van der Waals surface area (Å²) < 4.78 is 5.34. The quantitative estimate of drug-likeness (QED) is 0.856. The minimum atomic E-state index is -0.329. The van der Waals surface area contributed by atoms with Gasteiger partial charge in [0.1, 0.15) is 5.75 Å². The second-order valence-electron chi connectivity index (χ2n) is 5.14. The van der Waals surface area contributed by atoms with Crippen molar-refractivity contribution in [3.8, 4) is 5.75 Å². The average molecular weight is 350 g/mol. The molecule has 3 N–H and O–H groups in total. The van der Waals surface area contributed by atoms with Gasteiger partial charge in [-0.15, -0.1) is 24.8 Å². The van der Waals surface area contributed by atoms with Gasteiger partial charge in [0.15, 0.2) is 0 Å². The maximum absolute atomic E-state index is 11.7. The second kappa shape index (κ2) is 9.77. The Morgan fingerprint density at radius 1 is 1.45 bits per heavy atom. The summed E-state index contributed by atoms with van der Waals surface area (Å²) in [4.78, 5) is 13.3. The fraction of sp³-hybridized carbons (Fsp3) is 0.533. The maximum Gasteiger partial charge on any atom is 0.414 e. The SMILES string of the molecule is CCN(C)C(=O)Oc1ccc2c(c1)NCC2CCCN.Cl.Cl. The van der Waals surface area contributed by atoms with Crippen LogP contribution < -0.4 is 15.8 Å². The number of rotatable bonds is 5. The van der Waals surface area contributed by atoms with Gasteiger partial charge in [0, 0.05) is 37.8 Å². The highest BCUT2D eigenvalue weighted by Gasteiger charge is 2.22. The summed E-state index contributed by atoms with van der Waals surface area (Å²) in [7, 11) is 1.72. The van der Waals surface area contributed by atoms with E-state index in [1.54, 1.807) is 7.05 Å². The van der Waals surface area contributed by atoms with Crippen molar-refractivity contribution in [2.24, 2.45) is 5.73 Å². The first-order chi connectivity index (χ1) is 9.65. The second-order valence-corrected chi connectivity index (χ2v) is 5.14. The minimum Gasteiger partial charge on any atom is -0.410 e. The highest BCUT2D eigenvalue weighted by Crippen LogP contribution is 2.36. The summed E-state index contributed by atoms with van der Waals surface area (Å²) in [5.74, 6) is 1.10. The molecule has 0 aromatic heterocycles. The van der Waals surface area contributed by atoms with Crippen molar-refractivity contribution < 1.29 is 9.53 Å². The van der Waals surface area contributed by atoms with Crippen LogP contribution in [0.5, 0.6) is 5.75 Å². The van der Waals surface area contributed by atoms with Crippen LogP contribution in [0.15, 0.2) is 18.2 Å². The van der Waals surface area contributed by atoms with Crippen molar-refractivity contribution in [3.05, 3.63) is 23.8 Å². The molecule has 1 atom stereocenters. The Kier molecular flexibility index (Phi) is 9.25. The van der Waals surface area contributed by atoms with Gasteiger partial charge in [-0.05, 0) is 37.9 Å². The first kappa shape index (κ1) is 20.8. The van der Waals surface area contributed by atoms with E-state index in [1.165, 1.54) is 10.5 Å². The van der Waals surface area contributed by atoms with Gasteiger partial charge >= 0.3 is 6.09 Å². The molecule has 0 radical (unpaired) electrons. The van der Waals surface area contributed by atoms with Crippen LogP contribution in [-0.2, 0) is 0 Å². The molecule has 2 rings (SSSR count). The molecule has 0 spiro atoms. The van der Waals surface area contributed by atoms with Crippen LogP contribution in [0.3, 0.4) is 0 Å². The Morgan fingerprint density at radius 2 is 2.18 bits per heavy atom. The lowest BCUT2D eigenvalue weighted by molar-refractivity contribution is 0.165. The number of hydrogen-bond donors (Lipinski definition) is 2. The molecule has 7 heteroatoms. The monoisotopic (exact) mass is 349 g/mol. The van der Waals surface area contributed by atoms with E-state index in [4.69, 9.17) is 10.5 Å². The number of nitrogens with one attached hydrogen (secondary N) is 1. The molecule has 126 valence electrons. The Balaban J connectivity index is 0.00000220. The van der Waals surface area contributed by atoms with Gasteiger partial charge in [0.05, 0.1) is 0 Å². The number of nitrogens with zero attached hydrogens (tertiary/aromatic N) is 1. The Labute approximate surface area is 144 Å². The molecular weight excluding hydrogens is 325 g/mol. The zero-order valence-electron chi connectivity index (χ0n) is 13.0. The van der Waals surface area contributed by atoms with Gasteiger partial charge in [-0.1, -0.05) is 6.07 Å². The number of carbonyl (C=O) groups excluding carboxylic acids is 1. The van der Waals surface area contributed by atoms with Gasteiger partial charge < -0.3 is 20.7 Å². The number of anilines is 1. The molecule has 0 saturated carbocycles. The fourth-order valence-corrected chi connectivity index (χ4v) is 2.38. The largest absolute Gasteiger partial charge is 0.414 e. The van der Waals surface area contributed by atoms with Crippen molar-refractivity contribution in [1.29, 1.82) is 0 Å². The summed E-state index contributed by atoms with van der Waals surface area (Å²) in [5, 5.41) is 3.37. The van der Waals surface area contributed by atoms with Crippen LogP contribution in [0.25, 0.3) is 0 Å². The highest BCUT2D eigenvalue weighted by molar-refractivity contribution is 5.85. The molecule has 1 amide bonds. The first-order valence-corrected chi connectivity index (χ1v) is 7.16. The summed E-state index contributed by atoms with van der Waals surface area (Å²) in [5.41, 5.74) is 7.92. The van der Waals surface area contributed by atoms with Gasteiger partial charge in [-0.2, -0.15) is 0 Å². The fourth-order valence-electron chi connectivity index (χ4n) is 2.38. The minimum absolute atomic E-state index is 0. The van der Waals surface area contributed by atoms with Gasteiger partial charge in [-0.3, -0.25) is 0 Å². The molecule has 1 aliphatic heterocycles. The normalized spacial score (nSPS) is 15.0. The lowest BCUT2D eigenvalue weighted by Gasteiger charge is -2.15. The zero-order valence-corrected chi connectivity index (χ0v) is 14.6. The Bertz CT molecular complexity index is 486. The van der Waals surface area contributed by atoms with Gasteiger partial charge in [-0.25, -0.2) is 4.79 Å². The van der Waals surface area contributed by atoms with Gasteiger partial charge in [0.2, 0.25) is 0 Å². The van der Waals surface area contributed by atoms with Gasteiger partial charge in [0.25, 0.3) is 0 Å². The lowest BCUT2D eigenvalue weighted by Crippen LogP contribution is -2.29. The molecule has 1 aromatic rings. The van der Waals surface area contributed by atoms with Crippen molar-refractivity contribution in [2.75, 3.05) is 32.0 Å². The van der Waals surface area contributed by atoms with Crippen LogP contribution in [0, 0.1) is 0 Å². The van der Waals surface area contributed by atoms with Crippen molar-refractivity contribution in [2.45, 2.75) is 25.7 Å². The van der Waals surface area contributed by atoms with Crippen molar-refractivity contribution >= 4 is 36.6 Å². The third-order valence-electron chi connectivity index (χ3n) is 3.75. The number of amides is 1. The molecular formula is C15H25Cl2N3O2. The summed E-state index contributed by atoms with van der Waals surface area (Å²) in [6.07, 6.45) is 1.79. The number of benzene rings is 1. The molecule has 5 nitrogen and oxygen atoms in total. The number of nitrogens with two attached hydrogens (primary N) is 1. The van der Waals surface area contributed by atoms with E-state index < -0.39 is 0 Å². The molecule has 0 fully saturated rings. The maximum atomic E-state index is 11.7. The van der Waals surface area contributed by atoms with Crippen LogP contribution in [0.2, 0.25) is 0 Å². The van der Waals surface area contributed by atoms with E-state index in [2.05, 4.69) is 5.32 Å². The van der Waals surface area contributed by atoms with Crippen LogP contribution >= 0.6 is 24.8 Å². The third-order valence-corrected chi connectivity index (χ3v) is 3.75. The van der Waals surface area contributed by atoms with E-state index in [9.17, 15) is 4.79 Å². The molecule has 0 bridgehead atoms. The molecule has 1 aromatic carbocycles. The Hall–Kier alpha value is -1.17. The molecule has 1 aliphatic rings. The predicted molar refractivity (Wildman–Crippen MR) is 94.8 cm³/mol. The molecule has 22 heavy (non-hydrogen) atoms. The lowest BCUT2D eigenvalue weighted by atomic mass is 9.96. The van der Waals surface area contributed by atoms with E-state index in [1.807, 2.05) is 25.1 Å². The third kappa shape index (κ3) is 4.93. The van der Waals surface area contributed by atoms with Crippen LogP contribution in [0.1, 0.15) is 31.2 Å². The molecule has 1 unspecified atom stereocenters. The topological polar surface area (TPSA) is 67.6 Å².